The number of benzene rings is 1. The van der Waals surface area contributed by atoms with Crippen molar-refractivity contribution in [2.75, 3.05) is 5.75 Å². The van der Waals surface area contributed by atoms with Gasteiger partial charge in [0.25, 0.3) is 5.88 Å². The average Bonchev–Trinajstić information content (AvgIpc) is 3.51. The van der Waals surface area contributed by atoms with Gasteiger partial charge in [-0.25, -0.2) is 23.4 Å². The van der Waals surface area contributed by atoms with Gasteiger partial charge in [-0.3, -0.25) is 4.68 Å². The second kappa shape index (κ2) is 10.0. The van der Waals surface area contributed by atoms with Crippen molar-refractivity contribution in [3.8, 4) is 40.4 Å². The molecule has 0 aliphatic heterocycles. The summed E-state index contributed by atoms with van der Waals surface area (Å²) in [6.07, 6.45) is 4.32. The molecule has 0 amide bonds. The van der Waals surface area contributed by atoms with E-state index in [1.54, 1.807) is 36.1 Å². The van der Waals surface area contributed by atoms with Crippen LogP contribution in [0.1, 0.15) is 6.92 Å². The normalized spacial score (nSPS) is 11.7. The minimum Gasteiger partial charge on any atom is -0.452 e. The smallest absolute Gasteiger partial charge is 0.388 e. The molecule has 0 atom stereocenters. The molecule has 196 valence electrons. The maximum absolute atomic E-state index is 12.9. The van der Waals surface area contributed by atoms with Crippen molar-refractivity contribution in [2.45, 2.75) is 18.6 Å². The van der Waals surface area contributed by atoms with Gasteiger partial charge < -0.3 is 19.2 Å². The third-order valence-corrected chi connectivity index (χ3v) is 6.94. The Labute approximate surface area is 215 Å². The molecule has 38 heavy (non-hydrogen) atoms. The van der Waals surface area contributed by atoms with E-state index >= 15 is 0 Å². The summed E-state index contributed by atoms with van der Waals surface area (Å²) in [4.78, 5) is 15.5. The molecule has 0 aliphatic rings. The van der Waals surface area contributed by atoms with Crippen LogP contribution >= 0.6 is 0 Å². The van der Waals surface area contributed by atoms with Gasteiger partial charge >= 0.3 is 6.61 Å². The van der Waals surface area contributed by atoms with Crippen LogP contribution < -0.4 is 14.2 Å². The zero-order valence-electron chi connectivity index (χ0n) is 20.0. The molecule has 0 bridgehead atoms. The lowest BCUT2D eigenvalue weighted by Gasteiger charge is -2.14. The summed E-state index contributed by atoms with van der Waals surface area (Å²) < 4.78 is 68.0. The predicted molar refractivity (Wildman–Crippen MR) is 131 cm³/mol. The number of aryl methyl sites for hydroxylation is 1. The van der Waals surface area contributed by atoms with Crippen molar-refractivity contribution >= 4 is 20.9 Å². The van der Waals surface area contributed by atoms with Crippen LogP contribution in [0.2, 0.25) is 0 Å². The number of hydrogen-bond donors (Lipinski definition) is 1. The molecule has 0 spiro atoms. The Morgan fingerprint density at radius 2 is 1.87 bits per heavy atom. The first-order valence-corrected chi connectivity index (χ1v) is 12.8. The van der Waals surface area contributed by atoms with Gasteiger partial charge in [0.05, 0.1) is 23.0 Å². The molecule has 5 rings (SSSR count). The Balaban J connectivity index is 1.56. The van der Waals surface area contributed by atoms with Gasteiger partial charge in [-0.05, 0) is 30.3 Å². The number of imidazole rings is 1. The number of aromatic amines is 1. The maximum atomic E-state index is 12.9. The molecule has 0 unspecified atom stereocenters. The minimum atomic E-state index is -3.50. The zero-order valence-corrected chi connectivity index (χ0v) is 20.8. The molecular weight excluding hydrogens is 522 g/mol. The first-order chi connectivity index (χ1) is 18.2. The Bertz CT molecular complexity index is 1700. The van der Waals surface area contributed by atoms with E-state index in [9.17, 15) is 17.2 Å². The third kappa shape index (κ3) is 5.25. The quantitative estimate of drug-likeness (QED) is 0.280. The van der Waals surface area contributed by atoms with Crippen molar-refractivity contribution in [2.24, 2.45) is 7.05 Å². The molecular formula is C24H20F2N6O5S. The van der Waals surface area contributed by atoms with E-state index in [0.29, 0.717) is 22.6 Å². The second-order valence-electron chi connectivity index (χ2n) is 7.90. The number of sulfone groups is 1. The first-order valence-electron chi connectivity index (χ1n) is 11.2. The Morgan fingerprint density at radius 1 is 1.05 bits per heavy atom. The van der Waals surface area contributed by atoms with Crippen molar-refractivity contribution < 1.29 is 31.4 Å². The van der Waals surface area contributed by atoms with Gasteiger partial charge in [0.15, 0.2) is 37.9 Å². The van der Waals surface area contributed by atoms with E-state index in [1.165, 1.54) is 43.6 Å². The standard InChI is InChI=1S/C24H20F2N6O5S/c1-3-38(33,34)21-7-6-14(13-28-21)35-19-11-16-17(30-22(29-16)15-8-10-32(2)31-15)12-20(19)36-18-5-4-9-27-23(18)37-24(25)26/h4-13,24H,3H2,1-2H3,(H,29,30). The van der Waals surface area contributed by atoms with Crippen LogP contribution in [0.4, 0.5) is 8.78 Å². The highest BCUT2D eigenvalue weighted by Gasteiger charge is 2.19. The third-order valence-electron chi connectivity index (χ3n) is 5.30. The van der Waals surface area contributed by atoms with Crippen LogP contribution in [0.25, 0.3) is 22.6 Å². The molecule has 4 heterocycles. The Morgan fingerprint density at radius 3 is 2.55 bits per heavy atom. The van der Waals surface area contributed by atoms with E-state index in [0.717, 1.165) is 0 Å². The van der Waals surface area contributed by atoms with E-state index in [4.69, 9.17) is 9.47 Å². The number of hydrogen-bond acceptors (Lipinski definition) is 9. The summed E-state index contributed by atoms with van der Waals surface area (Å²) in [5.41, 5.74) is 1.66. The zero-order chi connectivity index (χ0) is 26.9. The van der Waals surface area contributed by atoms with Gasteiger partial charge in [0.2, 0.25) is 0 Å². The topological polar surface area (TPSA) is 134 Å². The summed E-state index contributed by atoms with van der Waals surface area (Å²) in [7, 11) is -1.72. The number of ether oxygens (including phenoxy) is 3. The SMILES string of the molecule is CCS(=O)(=O)c1ccc(Oc2cc3[nH]c(-c4ccn(C)n4)nc3cc2Oc2cccnc2OC(F)F)cn1. The van der Waals surface area contributed by atoms with Crippen LogP contribution in [-0.4, -0.2) is 50.5 Å². The first kappa shape index (κ1) is 25.1. The molecule has 0 radical (unpaired) electrons. The summed E-state index contributed by atoms with van der Waals surface area (Å²) >= 11 is 0. The Kier molecular flexibility index (Phi) is 6.63. The Hall–Kier alpha value is -4.59. The van der Waals surface area contributed by atoms with Gasteiger partial charge in [-0.15, -0.1) is 0 Å². The van der Waals surface area contributed by atoms with E-state index in [1.807, 2.05) is 0 Å². The summed E-state index contributed by atoms with van der Waals surface area (Å²) in [6.45, 7) is -1.59. The lowest BCUT2D eigenvalue weighted by Crippen LogP contribution is -2.05. The van der Waals surface area contributed by atoms with Crippen LogP contribution in [0.15, 0.2) is 66.1 Å². The average molecular weight is 543 g/mol. The fourth-order valence-corrected chi connectivity index (χ4v) is 4.26. The van der Waals surface area contributed by atoms with Crippen LogP contribution in [0.5, 0.6) is 28.9 Å². The number of rotatable bonds is 9. The van der Waals surface area contributed by atoms with Gasteiger partial charge in [0, 0.05) is 31.6 Å². The highest BCUT2D eigenvalue weighted by molar-refractivity contribution is 7.91. The highest BCUT2D eigenvalue weighted by atomic mass is 32.2. The molecule has 1 N–H and O–H groups in total. The number of H-pyrrole nitrogens is 1. The molecule has 0 saturated carbocycles. The number of halogens is 2. The molecule has 0 aliphatic carbocycles. The maximum Gasteiger partial charge on any atom is 0.388 e. The van der Waals surface area contributed by atoms with Crippen molar-refractivity contribution in [1.29, 1.82) is 0 Å². The molecule has 0 fully saturated rings. The van der Waals surface area contributed by atoms with E-state index < -0.39 is 22.3 Å². The monoisotopic (exact) mass is 542 g/mol. The molecule has 1 aromatic carbocycles. The molecule has 0 saturated heterocycles. The number of nitrogens with zero attached hydrogens (tertiary/aromatic N) is 5. The molecule has 11 nitrogen and oxygen atoms in total. The van der Waals surface area contributed by atoms with Gasteiger partial charge in [0.1, 0.15) is 11.4 Å². The highest BCUT2D eigenvalue weighted by Crippen LogP contribution is 2.40. The number of alkyl halides is 2. The predicted octanol–water partition coefficient (Wildman–Crippen LogP) is 4.73. The van der Waals surface area contributed by atoms with Gasteiger partial charge in [-0.2, -0.15) is 13.9 Å². The second-order valence-corrected chi connectivity index (χ2v) is 10.1. The number of aromatic nitrogens is 6. The largest absolute Gasteiger partial charge is 0.452 e. The summed E-state index contributed by atoms with van der Waals surface area (Å²) in [6, 6.07) is 10.6. The van der Waals surface area contributed by atoms with Crippen LogP contribution in [0, 0.1) is 0 Å². The lowest BCUT2D eigenvalue weighted by molar-refractivity contribution is -0.0541. The number of nitrogens with one attached hydrogen (secondary N) is 1. The minimum absolute atomic E-state index is 0.0833. The van der Waals surface area contributed by atoms with Crippen LogP contribution in [-0.2, 0) is 16.9 Å². The molecule has 14 heteroatoms. The summed E-state index contributed by atoms with van der Waals surface area (Å²) in [5.74, 6) is 0.371. The van der Waals surface area contributed by atoms with Crippen LogP contribution in [0.3, 0.4) is 0 Å². The number of fused-ring (bicyclic) bond motifs is 1. The molecule has 5 aromatic rings. The van der Waals surface area contributed by atoms with Gasteiger partial charge in [-0.1, -0.05) is 6.92 Å². The van der Waals surface area contributed by atoms with E-state index in [-0.39, 0.29) is 33.8 Å². The number of pyridine rings is 2. The lowest BCUT2D eigenvalue weighted by atomic mass is 10.2. The van der Waals surface area contributed by atoms with Crippen molar-refractivity contribution in [3.05, 3.63) is 61.1 Å². The fourth-order valence-electron chi connectivity index (χ4n) is 3.47. The van der Waals surface area contributed by atoms with Crippen molar-refractivity contribution in [1.82, 2.24) is 29.7 Å². The summed E-state index contributed by atoms with van der Waals surface area (Å²) in [5, 5.41) is 4.25. The van der Waals surface area contributed by atoms with E-state index in [2.05, 4.69) is 29.8 Å². The fraction of sp³-hybridized carbons (Fsp3) is 0.167. The molecule has 4 aromatic heterocycles. The van der Waals surface area contributed by atoms with Crippen molar-refractivity contribution in [3.63, 3.8) is 0 Å².